The zero-order valence-corrected chi connectivity index (χ0v) is 14.0. The number of halogens is 1. The van der Waals surface area contributed by atoms with Crippen molar-refractivity contribution < 1.29 is 9.47 Å². The third-order valence-electron chi connectivity index (χ3n) is 2.95. The smallest absolute Gasteiger partial charge is 0.161 e. The first-order valence-electron chi connectivity index (χ1n) is 6.94. The van der Waals surface area contributed by atoms with Crippen LogP contribution in [0.15, 0.2) is 24.3 Å². The van der Waals surface area contributed by atoms with Crippen LogP contribution in [0.5, 0.6) is 11.5 Å². The molecule has 0 fully saturated rings. The maximum absolute atomic E-state index is 5.81. The lowest BCUT2D eigenvalue weighted by Gasteiger charge is -2.25. The molecule has 0 N–H and O–H groups in total. The van der Waals surface area contributed by atoms with Crippen molar-refractivity contribution in [1.29, 1.82) is 0 Å². The molecule has 19 heavy (non-hydrogen) atoms. The summed E-state index contributed by atoms with van der Waals surface area (Å²) in [7, 11) is 0. The fraction of sp³-hybridized carbons (Fsp3) is 0.625. The summed E-state index contributed by atoms with van der Waals surface area (Å²) in [5, 5.41) is 0. The Bertz CT molecular complexity index is 371. The largest absolute Gasteiger partial charge is 0.490 e. The van der Waals surface area contributed by atoms with Crippen molar-refractivity contribution in [3.05, 3.63) is 24.3 Å². The Kier molecular flexibility index (Phi) is 6.70. The summed E-state index contributed by atoms with van der Waals surface area (Å²) >= 11 is 3.74. The first-order chi connectivity index (χ1) is 8.95. The predicted octanol–water partition coefficient (Wildman–Crippen LogP) is 5.05. The molecule has 0 radical (unpaired) electrons. The van der Waals surface area contributed by atoms with Crippen LogP contribution in [0, 0.1) is 5.41 Å². The molecular formula is C16H25BrO2. The van der Waals surface area contributed by atoms with E-state index in [1.54, 1.807) is 0 Å². The lowest BCUT2D eigenvalue weighted by atomic mass is 9.90. The van der Waals surface area contributed by atoms with Crippen molar-refractivity contribution in [2.75, 3.05) is 13.2 Å². The molecule has 0 heterocycles. The quantitative estimate of drug-likeness (QED) is 0.514. The van der Waals surface area contributed by atoms with Gasteiger partial charge in [-0.15, -0.1) is 0 Å². The molecule has 1 atom stereocenters. The van der Waals surface area contributed by atoms with Gasteiger partial charge in [0, 0.05) is 4.83 Å². The average molecular weight is 329 g/mol. The van der Waals surface area contributed by atoms with Crippen molar-refractivity contribution >= 4 is 15.9 Å². The van der Waals surface area contributed by atoms with Crippen LogP contribution in [0.25, 0.3) is 0 Å². The van der Waals surface area contributed by atoms with Crippen molar-refractivity contribution in [1.82, 2.24) is 0 Å². The monoisotopic (exact) mass is 328 g/mol. The second kappa shape index (κ2) is 7.78. The summed E-state index contributed by atoms with van der Waals surface area (Å²) in [6, 6.07) is 7.84. The van der Waals surface area contributed by atoms with Crippen LogP contribution < -0.4 is 9.47 Å². The summed E-state index contributed by atoms with van der Waals surface area (Å²) in [5.41, 5.74) is 0.295. The summed E-state index contributed by atoms with van der Waals surface area (Å²) in [5.74, 6) is 1.67. The van der Waals surface area contributed by atoms with E-state index >= 15 is 0 Å². The molecule has 1 rings (SSSR count). The van der Waals surface area contributed by atoms with Crippen LogP contribution in [-0.4, -0.2) is 18.0 Å². The van der Waals surface area contributed by atoms with Gasteiger partial charge in [0.1, 0.15) is 0 Å². The zero-order valence-electron chi connectivity index (χ0n) is 12.4. The number of rotatable bonds is 7. The van der Waals surface area contributed by atoms with E-state index in [1.807, 2.05) is 31.2 Å². The fourth-order valence-electron chi connectivity index (χ4n) is 1.72. The molecule has 0 saturated carbocycles. The number of ether oxygens (including phenoxy) is 2. The maximum Gasteiger partial charge on any atom is 0.161 e. The van der Waals surface area contributed by atoms with Crippen LogP contribution in [0.1, 0.15) is 40.5 Å². The molecular weight excluding hydrogens is 304 g/mol. The Morgan fingerprint density at radius 2 is 1.68 bits per heavy atom. The van der Waals surface area contributed by atoms with E-state index in [1.165, 1.54) is 0 Å². The van der Waals surface area contributed by atoms with Gasteiger partial charge in [0.25, 0.3) is 0 Å². The van der Waals surface area contributed by atoms with Crippen molar-refractivity contribution in [3.8, 4) is 11.5 Å². The fourth-order valence-corrected chi connectivity index (χ4v) is 2.05. The van der Waals surface area contributed by atoms with Gasteiger partial charge in [-0.3, -0.25) is 0 Å². The second-order valence-electron chi connectivity index (χ2n) is 5.70. The highest BCUT2D eigenvalue weighted by Gasteiger charge is 2.20. The topological polar surface area (TPSA) is 18.5 Å². The molecule has 0 aliphatic heterocycles. The SMILES string of the molecule is CCOc1ccccc1OCCCC(Br)C(C)(C)C. The minimum Gasteiger partial charge on any atom is -0.490 e. The maximum atomic E-state index is 5.81. The first kappa shape index (κ1) is 16.4. The Balaban J connectivity index is 2.37. The minimum absolute atomic E-state index is 0.295. The molecule has 0 amide bonds. The molecule has 1 unspecified atom stereocenters. The molecule has 0 aliphatic rings. The van der Waals surface area contributed by atoms with E-state index in [4.69, 9.17) is 9.47 Å². The zero-order chi connectivity index (χ0) is 14.3. The Hall–Kier alpha value is -0.700. The van der Waals surface area contributed by atoms with Crippen LogP contribution in [0.4, 0.5) is 0 Å². The molecule has 1 aromatic carbocycles. The Morgan fingerprint density at radius 1 is 1.11 bits per heavy atom. The van der Waals surface area contributed by atoms with Gasteiger partial charge >= 0.3 is 0 Å². The molecule has 2 nitrogen and oxygen atoms in total. The number of benzene rings is 1. The molecule has 0 bridgehead atoms. The van der Waals surface area contributed by atoms with E-state index < -0.39 is 0 Å². The van der Waals surface area contributed by atoms with Crippen molar-refractivity contribution in [2.45, 2.75) is 45.4 Å². The van der Waals surface area contributed by atoms with Gasteiger partial charge in [0.05, 0.1) is 13.2 Å². The first-order valence-corrected chi connectivity index (χ1v) is 7.85. The highest BCUT2D eigenvalue weighted by molar-refractivity contribution is 9.09. The lowest BCUT2D eigenvalue weighted by Crippen LogP contribution is -2.20. The van der Waals surface area contributed by atoms with Gasteiger partial charge in [-0.2, -0.15) is 0 Å². The van der Waals surface area contributed by atoms with E-state index in [2.05, 4.69) is 36.7 Å². The standard InChI is InChI=1S/C16H25BrO2/c1-5-18-13-9-6-7-10-14(13)19-12-8-11-15(17)16(2,3)4/h6-7,9-10,15H,5,8,11-12H2,1-4H3. The van der Waals surface area contributed by atoms with Crippen molar-refractivity contribution in [3.63, 3.8) is 0 Å². The summed E-state index contributed by atoms with van der Waals surface area (Å²) in [6.07, 6.45) is 2.15. The molecule has 0 aromatic heterocycles. The normalized spacial score (nSPS) is 13.1. The molecule has 0 saturated heterocycles. The van der Waals surface area contributed by atoms with E-state index in [0.29, 0.717) is 16.8 Å². The summed E-state index contributed by atoms with van der Waals surface area (Å²) in [4.78, 5) is 0.519. The van der Waals surface area contributed by atoms with E-state index in [0.717, 1.165) is 30.9 Å². The minimum atomic E-state index is 0.295. The number of hydrogen-bond acceptors (Lipinski definition) is 2. The lowest BCUT2D eigenvalue weighted by molar-refractivity contribution is 0.264. The highest BCUT2D eigenvalue weighted by atomic mass is 79.9. The highest BCUT2D eigenvalue weighted by Crippen LogP contribution is 2.30. The van der Waals surface area contributed by atoms with E-state index in [9.17, 15) is 0 Å². The van der Waals surface area contributed by atoms with Gasteiger partial charge in [-0.25, -0.2) is 0 Å². The average Bonchev–Trinajstić information content (AvgIpc) is 2.35. The predicted molar refractivity (Wildman–Crippen MR) is 84.5 cm³/mol. The third-order valence-corrected chi connectivity index (χ3v) is 4.78. The van der Waals surface area contributed by atoms with Gasteiger partial charge in [0.2, 0.25) is 0 Å². The van der Waals surface area contributed by atoms with Crippen molar-refractivity contribution in [2.24, 2.45) is 5.41 Å². The molecule has 108 valence electrons. The molecule has 1 aromatic rings. The van der Waals surface area contributed by atoms with Crippen LogP contribution in [0.3, 0.4) is 0 Å². The Labute approximate surface area is 125 Å². The molecule has 3 heteroatoms. The summed E-state index contributed by atoms with van der Waals surface area (Å²) < 4.78 is 11.3. The van der Waals surface area contributed by atoms with Gasteiger partial charge < -0.3 is 9.47 Å². The van der Waals surface area contributed by atoms with Gasteiger partial charge in [0.15, 0.2) is 11.5 Å². The summed E-state index contributed by atoms with van der Waals surface area (Å²) in [6.45, 7) is 10.1. The third kappa shape index (κ3) is 5.85. The number of hydrogen-bond donors (Lipinski definition) is 0. The molecule has 0 aliphatic carbocycles. The van der Waals surface area contributed by atoms with Gasteiger partial charge in [-0.1, -0.05) is 48.8 Å². The molecule has 0 spiro atoms. The van der Waals surface area contributed by atoms with Crippen LogP contribution >= 0.6 is 15.9 Å². The number of alkyl halides is 1. The van der Waals surface area contributed by atoms with Crippen LogP contribution in [-0.2, 0) is 0 Å². The van der Waals surface area contributed by atoms with Gasteiger partial charge in [-0.05, 0) is 37.3 Å². The van der Waals surface area contributed by atoms with Crippen LogP contribution in [0.2, 0.25) is 0 Å². The second-order valence-corrected chi connectivity index (χ2v) is 6.81. The van der Waals surface area contributed by atoms with E-state index in [-0.39, 0.29) is 0 Å². The number of para-hydroxylation sites is 2. The Morgan fingerprint density at radius 3 is 2.21 bits per heavy atom.